The van der Waals surface area contributed by atoms with Crippen LogP contribution in [0.1, 0.15) is 38.9 Å². The van der Waals surface area contributed by atoms with E-state index in [1.54, 1.807) is 48.7 Å². The van der Waals surface area contributed by atoms with Gasteiger partial charge in [0, 0.05) is 57.9 Å². The molecule has 5 aromatic rings. The van der Waals surface area contributed by atoms with E-state index < -0.39 is 0 Å². The number of piperazine rings is 1. The van der Waals surface area contributed by atoms with E-state index in [9.17, 15) is 4.79 Å². The van der Waals surface area contributed by atoms with Crippen molar-refractivity contribution >= 4 is 23.6 Å². The van der Waals surface area contributed by atoms with E-state index in [-0.39, 0.29) is 12.5 Å². The molecule has 1 aliphatic heterocycles. The van der Waals surface area contributed by atoms with Gasteiger partial charge in [-0.2, -0.15) is 5.26 Å². The quantitative estimate of drug-likeness (QED) is 0.108. The van der Waals surface area contributed by atoms with Crippen molar-refractivity contribution in [3.8, 4) is 29.2 Å². The Labute approximate surface area is 321 Å². The van der Waals surface area contributed by atoms with Crippen molar-refractivity contribution in [1.82, 2.24) is 14.8 Å². The predicted octanol–water partition coefficient (Wildman–Crippen LogP) is 7.80. The SMILES string of the molecule is Cc1cc(C=CC(=O)N2CCN(Cc3ccc(CCOc4ccc(CCO)cc4)cc3)CC2)cc(Cl)c1Oc1ccc(OCc2ccc(C#N)cc2)cn1. The van der Waals surface area contributed by atoms with Crippen LogP contribution in [0.2, 0.25) is 5.02 Å². The van der Waals surface area contributed by atoms with Crippen molar-refractivity contribution in [2.45, 2.75) is 32.9 Å². The number of carbonyl (C=O) groups is 1. The second kappa shape index (κ2) is 18.9. The third-order valence-electron chi connectivity index (χ3n) is 9.17. The van der Waals surface area contributed by atoms with Crippen LogP contribution >= 0.6 is 11.6 Å². The van der Waals surface area contributed by atoms with Gasteiger partial charge in [-0.15, -0.1) is 0 Å². The highest BCUT2D eigenvalue weighted by Gasteiger charge is 2.20. The monoisotopic (exact) mass is 742 g/mol. The summed E-state index contributed by atoms with van der Waals surface area (Å²) in [5.41, 5.74) is 6.74. The second-order valence-corrected chi connectivity index (χ2v) is 13.6. The summed E-state index contributed by atoms with van der Waals surface area (Å²) in [5, 5.41) is 18.4. The maximum atomic E-state index is 13.1. The zero-order valence-corrected chi connectivity index (χ0v) is 31.0. The molecule has 0 aliphatic carbocycles. The van der Waals surface area contributed by atoms with Gasteiger partial charge >= 0.3 is 0 Å². The standard InChI is InChI=1S/C44H43ClN4O5/c1-32-26-38(27-41(45)44(32)54-42-16-15-40(29-47-42)53-31-37-8-4-35(28-46)5-9-37)12-17-43(51)49-22-20-48(21-23-49)30-36-6-2-34(3-7-36)19-25-52-39-13-10-33(11-14-39)18-24-50/h2-17,26-27,29,50H,18-25,30-31H2,1H3. The fourth-order valence-corrected chi connectivity index (χ4v) is 6.39. The van der Waals surface area contributed by atoms with Crippen molar-refractivity contribution in [3.63, 3.8) is 0 Å². The maximum absolute atomic E-state index is 13.1. The smallest absolute Gasteiger partial charge is 0.246 e. The first kappa shape index (κ1) is 38.1. The number of halogens is 1. The number of amides is 1. The molecule has 54 heavy (non-hydrogen) atoms. The average molecular weight is 743 g/mol. The molecule has 1 aromatic heterocycles. The number of ether oxygens (including phenoxy) is 3. The third kappa shape index (κ3) is 10.9. The third-order valence-corrected chi connectivity index (χ3v) is 9.45. The highest BCUT2D eigenvalue weighted by molar-refractivity contribution is 6.32. The van der Waals surface area contributed by atoms with Gasteiger partial charge in [-0.1, -0.05) is 60.1 Å². The second-order valence-electron chi connectivity index (χ2n) is 13.1. The number of hydrogen-bond acceptors (Lipinski definition) is 8. The summed E-state index contributed by atoms with van der Waals surface area (Å²) >= 11 is 6.62. The Bertz CT molecular complexity index is 2030. The first-order valence-electron chi connectivity index (χ1n) is 18.0. The van der Waals surface area contributed by atoms with Gasteiger partial charge in [0.1, 0.15) is 18.1 Å². The zero-order valence-electron chi connectivity index (χ0n) is 30.3. The molecule has 6 rings (SSSR count). The summed E-state index contributed by atoms with van der Waals surface area (Å²) in [6, 6.07) is 33.1. The van der Waals surface area contributed by atoms with Gasteiger partial charge < -0.3 is 24.2 Å². The van der Waals surface area contributed by atoms with Crippen molar-refractivity contribution in [1.29, 1.82) is 5.26 Å². The van der Waals surface area contributed by atoms with Crippen LogP contribution in [-0.4, -0.2) is 65.2 Å². The Morgan fingerprint density at radius 2 is 1.52 bits per heavy atom. The fourth-order valence-electron chi connectivity index (χ4n) is 6.08. The lowest BCUT2D eigenvalue weighted by Crippen LogP contribution is -2.47. The summed E-state index contributed by atoms with van der Waals surface area (Å²) in [7, 11) is 0. The van der Waals surface area contributed by atoms with Gasteiger partial charge in [0.05, 0.1) is 29.5 Å². The number of aliphatic hydroxyl groups is 1. The van der Waals surface area contributed by atoms with Crippen LogP contribution in [0.5, 0.6) is 23.1 Å². The summed E-state index contributed by atoms with van der Waals surface area (Å²) in [5.74, 6) is 2.27. The molecule has 0 unspecified atom stereocenters. The Balaban J connectivity index is 0.919. The number of hydrogen-bond donors (Lipinski definition) is 1. The van der Waals surface area contributed by atoms with Crippen LogP contribution < -0.4 is 14.2 Å². The largest absolute Gasteiger partial charge is 0.493 e. The van der Waals surface area contributed by atoms with Gasteiger partial charge in [0.15, 0.2) is 5.75 Å². The number of rotatable bonds is 15. The van der Waals surface area contributed by atoms with Gasteiger partial charge in [-0.25, -0.2) is 4.98 Å². The molecular formula is C44H43ClN4O5. The van der Waals surface area contributed by atoms with E-state index in [1.807, 2.05) is 54.3 Å². The maximum Gasteiger partial charge on any atom is 0.246 e. The summed E-state index contributed by atoms with van der Waals surface area (Å²) in [4.78, 5) is 21.7. The average Bonchev–Trinajstić information content (AvgIpc) is 3.20. The molecule has 10 heteroatoms. The van der Waals surface area contributed by atoms with Gasteiger partial charge in [-0.3, -0.25) is 9.69 Å². The van der Waals surface area contributed by atoms with Crippen molar-refractivity contribution < 1.29 is 24.1 Å². The first-order chi connectivity index (χ1) is 26.3. The highest BCUT2D eigenvalue weighted by Crippen LogP contribution is 2.34. The lowest BCUT2D eigenvalue weighted by molar-refractivity contribution is -0.127. The van der Waals surface area contributed by atoms with Crippen LogP contribution in [-0.2, 0) is 30.8 Å². The van der Waals surface area contributed by atoms with Gasteiger partial charge in [-0.05, 0) is 95.3 Å². The van der Waals surface area contributed by atoms with Gasteiger partial charge in [0.25, 0.3) is 0 Å². The van der Waals surface area contributed by atoms with Crippen LogP contribution in [0.3, 0.4) is 0 Å². The Morgan fingerprint density at radius 3 is 2.19 bits per heavy atom. The van der Waals surface area contributed by atoms with Crippen LogP contribution in [0.15, 0.2) is 109 Å². The van der Waals surface area contributed by atoms with Crippen molar-refractivity contribution in [2.75, 3.05) is 39.4 Å². The molecule has 1 fully saturated rings. The van der Waals surface area contributed by atoms with Crippen LogP contribution in [0.25, 0.3) is 6.08 Å². The van der Waals surface area contributed by atoms with Crippen LogP contribution in [0.4, 0.5) is 0 Å². The van der Waals surface area contributed by atoms with Gasteiger partial charge in [0.2, 0.25) is 11.8 Å². The number of aromatic nitrogens is 1. The number of nitriles is 1. The predicted molar refractivity (Wildman–Crippen MR) is 210 cm³/mol. The van der Waals surface area contributed by atoms with E-state index in [4.69, 9.17) is 36.2 Å². The molecule has 1 amide bonds. The molecule has 1 aliphatic rings. The zero-order chi connectivity index (χ0) is 37.7. The lowest BCUT2D eigenvalue weighted by Gasteiger charge is -2.34. The normalized spacial score (nSPS) is 13.1. The molecule has 276 valence electrons. The number of nitrogens with zero attached hydrogens (tertiary/aromatic N) is 4. The first-order valence-corrected chi connectivity index (χ1v) is 18.4. The molecule has 2 heterocycles. The minimum absolute atomic E-state index is 0.0258. The molecule has 4 aromatic carbocycles. The highest BCUT2D eigenvalue weighted by atomic mass is 35.5. The number of aliphatic hydroxyl groups excluding tert-OH is 1. The summed E-state index contributed by atoms with van der Waals surface area (Å²) in [6.07, 6.45) is 6.46. The molecule has 0 radical (unpaired) electrons. The van der Waals surface area contributed by atoms with E-state index in [0.717, 1.165) is 54.1 Å². The lowest BCUT2D eigenvalue weighted by atomic mass is 10.1. The van der Waals surface area contributed by atoms with Crippen LogP contribution in [0, 0.1) is 18.3 Å². The molecule has 1 saturated heterocycles. The Kier molecular flexibility index (Phi) is 13.3. The molecular weight excluding hydrogens is 700 g/mol. The molecule has 0 atom stereocenters. The van der Waals surface area contributed by atoms with E-state index in [0.29, 0.717) is 60.7 Å². The van der Waals surface area contributed by atoms with Crippen molar-refractivity contribution in [2.24, 2.45) is 0 Å². The molecule has 1 N–H and O–H groups in total. The minimum Gasteiger partial charge on any atom is -0.493 e. The number of benzene rings is 4. The Morgan fingerprint density at radius 1 is 0.852 bits per heavy atom. The topological polar surface area (TPSA) is 108 Å². The molecule has 9 nitrogen and oxygen atoms in total. The summed E-state index contributed by atoms with van der Waals surface area (Å²) in [6.45, 7) is 6.79. The fraction of sp³-hybridized carbons (Fsp3) is 0.250. The molecule has 0 spiro atoms. The number of aryl methyl sites for hydroxylation is 1. The van der Waals surface area contributed by atoms with Crippen molar-refractivity contribution in [3.05, 3.63) is 153 Å². The molecule has 0 bridgehead atoms. The Hall–Kier alpha value is -5.66. The van der Waals surface area contributed by atoms with E-state index >= 15 is 0 Å². The molecule has 0 saturated carbocycles. The number of pyridine rings is 1. The summed E-state index contributed by atoms with van der Waals surface area (Å²) < 4.78 is 17.7. The van der Waals surface area contributed by atoms with E-state index in [2.05, 4.69) is 40.2 Å². The minimum atomic E-state index is -0.0258. The van der Waals surface area contributed by atoms with E-state index in [1.165, 1.54) is 11.1 Å². The number of carbonyl (C=O) groups excluding carboxylic acids is 1.